The molecule has 0 aromatic heterocycles. The van der Waals surface area contributed by atoms with Gasteiger partial charge in [-0.3, -0.25) is 0 Å². The second kappa shape index (κ2) is 5.41. The summed E-state index contributed by atoms with van der Waals surface area (Å²) in [7, 11) is 1.72. The van der Waals surface area contributed by atoms with Crippen LogP contribution in [0.25, 0.3) is 0 Å². The lowest BCUT2D eigenvalue weighted by Gasteiger charge is -2.24. The van der Waals surface area contributed by atoms with Gasteiger partial charge in [-0.1, -0.05) is 0 Å². The van der Waals surface area contributed by atoms with Gasteiger partial charge in [0.15, 0.2) is 11.5 Å². The minimum absolute atomic E-state index is 0.292. The number of rotatable bonds is 3. The van der Waals surface area contributed by atoms with Gasteiger partial charge in [0.1, 0.15) is 0 Å². The molecular formula is C16H23NO2. The average Bonchev–Trinajstić information content (AvgIpc) is 2.91. The predicted molar refractivity (Wildman–Crippen MR) is 75.9 cm³/mol. The molecule has 1 unspecified atom stereocenters. The zero-order valence-corrected chi connectivity index (χ0v) is 11.7. The maximum atomic E-state index is 6.13. The van der Waals surface area contributed by atoms with Crippen LogP contribution < -0.4 is 15.2 Å². The summed E-state index contributed by atoms with van der Waals surface area (Å²) in [4.78, 5) is 0. The molecule has 1 aromatic rings. The standard InChI is InChI=1S/C16H23NO2/c1-18-15-9-11-6-7-13(17)8-12(11)10-16(15)19-14-4-2-3-5-14/h9-10,13-14H,2-8,17H2,1H3. The maximum Gasteiger partial charge on any atom is 0.161 e. The molecule has 1 atom stereocenters. The van der Waals surface area contributed by atoms with Gasteiger partial charge in [0.25, 0.3) is 0 Å². The van der Waals surface area contributed by atoms with E-state index >= 15 is 0 Å². The lowest BCUT2D eigenvalue weighted by Crippen LogP contribution is -2.28. The zero-order chi connectivity index (χ0) is 13.2. The second-order valence-electron chi connectivity index (χ2n) is 5.80. The molecule has 1 fully saturated rings. The van der Waals surface area contributed by atoms with E-state index in [2.05, 4.69) is 12.1 Å². The third kappa shape index (κ3) is 2.71. The van der Waals surface area contributed by atoms with Crippen LogP contribution in [0.1, 0.15) is 43.2 Å². The van der Waals surface area contributed by atoms with E-state index in [9.17, 15) is 0 Å². The summed E-state index contributed by atoms with van der Waals surface area (Å²) in [6.45, 7) is 0. The number of ether oxygens (including phenoxy) is 2. The van der Waals surface area contributed by atoms with E-state index in [0.717, 1.165) is 30.8 Å². The summed E-state index contributed by atoms with van der Waals surface area (Å²) in [6.07, 6.45) is 8.34. The van der Waals surface area contributed by atoms with Crippen LogP contribution in [-0.2, 0) is 12.8 Å². The van der Waals surface area contributed by atoms with Crippen LogP contribution in [0, 0.1) is 0 Å². The van der Waals surface area contributed by atoms with Crippen molar-refractivity contribution in [3.05, 3.63) is 23.3 Å². The monoisotopic (exact) mass is 261 g/mol. The second-order valence-corrected chi connectivity index (χ2v) is 5.80. The van der Waals surface area contributed by atoms with Gasteiger partial charge in [-0.25, -0.2) is 0 Å². The normalized spacial score (nSPS) is 23.2. The van der Waals surface area contributed by atoms with E-state index in [0.29, 0.717) is 12.1 Å². The maximum absolute atomic E-state index is 6.13. The van der Waals surface area contributed by atoms with Crippen molar-refractivity contribution in [1.29, 1.82) is 0 Å². The molecule has 3 rings (SSSR count). The molecule has 0 spiro atoms. The molecule has 2 aliphatic rings. The van der Waals surface area contributed by atoms with Crippen LogP contribution in [0.2, 0.25) is 0 Å². The summed E-state index contributed by atoms with van der Waals surface area (Å²) < 4.78 is 11.6. The number of methoxy groups -OCH3 is 1. The molecule has 0 bridgehead atoms. The van der Waals surface area contributed by atoms with Crippen molar-refractivity contribution >= 4 is 0 Å². The topological polar surface area (TPSA) is 44.5 Å². The van der Waals surface area contributed by atoms with Gasteiger partial charge >= 0.3 is 0 Å². The molecule has 1 aromatic carbocycles. The molecule has 1 saturated carbocycles. The van der Waals surface area contributed by atoms with Gasteiger partial charge in [-0.2, -0.15) is 0 Å². The fourth-order valence-corrected chi connectivity index (χ4v) is 3.23. The molecule has 0 saturated heterocycles. The van der Waals surface area contributed by atoms with Crippen LogP contribution in [0.5, 0.6) is 11.5 Å². The zero-order valence-electron chi connectivity index (χ0n) is 11.7. The fourth-order valence-electron chi connectivity index (χ4n) is 3.23. The Labute approximate surface area is 115 Å². The molecule has 2 aliphatic carbocycles. The Morgan fingerprint density at radius 2 is 1.79 bits per heavy atom. The molecule has 104 valence electrons. The lowest BCUT2D eigenvalue weighted by atomic mass is 9.88. The highest BCUT2D eigenvalue weighted by atomic mass is 16.5. The first-order valence-electron chi connectivity index (χ1n) is 7.38. The first kappa shape index (κ1) is 12.8. The molecule has 0 heterocycles. The van der Waals surface area contributed by atoms with Crippen LogP contribution >= 0.6 is 0 Å². The van der Waals surface area contributed by atoms with E-state index in [-0.39, 0.29) is 0 Å². The largest absolute Gasteiger partial charge is 0.493 e. The van der Waals surface area contributed by atoms with E-state index in [4.69, 9.17) is 15.2 Å². The van der Waals surface area contributed by atoms with E-state index in [1.165, 1.54) is 36.8 Å². The minimum atomic E-state index is 0.292. The summed E-state index contributed by atoms with van der Waals surface area (Å²) in [6, 6.07) is 4.59. The number of benzene rings is 1. The first-order valence-corrected chi connectivity index (χ1v) is 7.38. The highest BCUT2D eigenvalue weighted by Crippen LogP contribution is 2.36. The van der Waals surface area contributed by atoms with Crippen LogP contribution in [0.4, 0.5) is 0 Å². The predicted octanol–water partition coefficient (Wildman–Crippen LogP) is 2.83. The van der Waals surface area contributed by atoms with Crippen molar-refractivity contribution in [2.75, 3.05) is 7.11 Å². The Balaban J connectivity index is 1.86. The smallest absolute Gasteiger partial charge is 0.161 e. The molecular weight excluding hydrogens is 238 g/mol. The highest BCUT2D eigenvalue weighted by molar-refractivity contribution is 5.48. The number of nitrogens with two attached hydrogens (primary N) is 1. The Bertz CT molecular complexity index is 452. The molecule has 19 heavy (non-hydrogen) atoms. The fraction of sp³-hybridized carbons (Fsp3) is 0.625. The number of fused-ring (bicyclic) bond motifs is 1. The Morgan fingerprint density at radius 3 is 2.53 bits per heavy atom. The molecule has 0 aliphatic heterocycles. The van der Waals surface area contributed by atoms with Gasteiger partial charge in [-0.15, -0.1) is 0 Å². The molecule has 3 nitrogen and oxygen atoms in total. The third-order valence-corrected chi connectivity index (χ3v) is 4.35. The number of hydrogen-bond acceptors (Lipinski definition) is 3. The minimum Gasteiger partial charge on any atom is -0.493 e. The van der Waals surface area contributed by atoms with Crippen molar-refractivity contribution in [1.82, 2.24) is 0 Å². The quantitative estimate of drug-likeness (QED) is 0.910. The molecule has 2 N–H and O–H groups in total. The Hall–Kier alpha value is -1.22. The summed E-state index contributed by atoms with van der Waals surface area (Å²) >= 11 is 0. The van der Waals surface area contributed by atoms with Gasteiger partial charge in [-0.05, 0) is 68.2 Å². The Kier molecular flexibility index (Phi) is 3.65. The van der Waals surface area contributed by atoms with Crippen molar-refractivity contribution in [2.45, 2.75) is 57.1 Å². The van der Waals surface area contributed by atoms with Gasteiger partial charge in [0, 0.05) is 6.04 Å². The van der Waals surface area contributed by atoms with Crippen LogP contribution in [0.15, 0.2) is 12.1 Å². The summed E-state index contributed by atoms with van der Waals surface area (Å²) in [5, 5.41) is 0. The van der Waals surface area contributed by atoms with E-state index in [1.54, 1.807) is 7.11 Å². The van der Waals surface area contributed by atoms with Crippen LogP contribution in [-0.4, -0.2) is 19.3 Å². The summed E-state index contributed by atoms with van der Waals surface area (Å²) in [5.41, 5.74) is 8.77. The average molecular weight is 261 g/mol. The van der Waals surface area contributed by atoms with E-state index in [1.807, 2.05) is 0 Å². The first-order chi connectivity index (χ1) is 9.26. The van der Waals surface area contributed by atoms with Gasteiger partial charge < -0.3 is 15.2 Å². The SMILES string of the molecule is COc1cc2c(cc1OC1CCCC1)CC(N)CC2. The van der Waals surface area contributed by atoms with Crippen molar-refractivity contribution < 1.29 is 9.47 Å². The van der Waals surface area contributed by atoms with E-state index < -0.39 is 0 Å². The number of aryl methyl sites for hydroxylation is 1. The molecule has 3 heteroatoms. The highest BCUT2D eigenvalue weighted by Gasteiger charge is 2.22. The summed E-state index contributed by atoms with van der Waals surface area (Å²) in [5.74, 6) is 1.78. The van der Waals surface area contributed by atoms with Crippen molar-refractivity contribution in [3.8, 4) is 11.5 Å². The van der Waals surface area contributed by atoms with Crippen molar-refractivity contribution in [2.24, 2.45) is 5.73 Å². The van der Waals surface area contributed by atoms with Crippen LogP contribution in [0.3, 0.4) is 0 Å². The lowest BCUT2D eigenvalue weighted by molar-refractivity contribution is 0.200. The van der Waals surface area contributed by atoms with Gasteiger partial charge in [0.2, 0.25) is 0 Å². The molecule has 0 radical (unpaired) electrons. The number of hydrogen-bond donors (Lipinski definition) is 1. The third-order valence-electron chi connectivity index (χ3n) is 4.35. The van der Waals surface area contributed by atoms with Gasteiger partial charge in [0.05, 0.1) is 13.2 Å². The molecule has 0 amide bonds. The Morgan fingerprint density at radius 1 is 1.05 bits per heavy atom. The van der Waals surface area contributed by atoms with Crippen molar-refractivity contribution in [3.63, 3.8) is 0 Å².